The van der Waals surface area contributed by atoms with E-state index in [9.17, 15) is 8.78 Å². The largest absolute Gasteiger partial charge is 0.203 e. The quantitative estimate of drug-likeness (QED) is 0.567. The van der Waals surface area contributed by atoms with E-state index in [4.69, 9.17) is 0 Å². The van der Waals surface area contributed by atoms with E-state index in [1.807, 2.05) is 18.2 Å². The summed E-state index contributed by atoms with van der Waals surface area (Å²) in [6.45, 7) is 2.30. The van der Waals surface area contributed by atoms with Crippen LogP contribution in [-0.4, -0.2) is 0 Å². The molecule has 2 aliphatic carbocycles. The van der Waals surface area contributed by atoms with Crippen molar-refractivity contribution in [2.45, 2.75) is 57.8 Å². The van der Waals surface area contributed by atoms with Gasteiger partial charge in [0.1, 0.15) is 0 Å². The Morgan fingerprint density at radius 1 is 0.917 bits per heavy atom. The highest BCUT2D eigenvalue weighted by molar-refractivity contribution is 5.84. The zero-order chi connectivity index (χ0) is 16.7. The van der Waals surface area contributed by atoms with E-state index in [1.165, 1.54) is 32.1 Å². The lowest BCUT2D eigenvalue weighted by Gasteiger charge is -2.42. The maximum atomic E-state index is 14.7. The second-order valence-electron chi connectivity index (χ2n) is 7.93. The first-order chi connectivity index (χ1) is 11.7. The summed E-state index contributed by atoms with van der Waals surface area (Å²) >= 11 is 0. The van der Waals surface area contributed by atoms with Crippen LogP contribution in [-0.2, 0) is 0 Å². The molecule has 2 aliphatic rings. The van der Waals surface area contributed by atoms with Crippen LogP contribution in [0.4, 0.5) is 8.78 Å². The normalized spacial score (nSPS) is 30.3. The second kappa shape index (κ2) is 6.46. The molecule has 24 heavy (non-hydrogen) atoms. The van der Waals surface area contributed by atoms with Crippen LogP contribution in [0.15, 0.2) is 30.3 Å². The Bertz CT molecular complexity index is 736. The molecule has 4 unspecified atom stereocenters. The van der Waals surface area contributed by atoms with E-state index >= 15 is 0 Å². The SMILES string of the molecule is CCC1CCC2CC(c3cc4ccccc4c(F)c3F)CCC2C1. The van der Waals surface area contributed by atoms with Crippen molar-refractivity contribution >= 4 is 10.8 Å². The third-order valence-electron chi connectivity index (χ3n) is 6.69. The fourth-order valence-electron chi connectivity index (χ4n) is 5.24. The highest BCUT2D eigenvalue weighted by Crippen LogP contribution is 2.48. The Morgan fingerprint density at radius 2 is 1.67 bits per heavy atom. The molecule has 2 saturated carbocycles. The van der Waals surface area contributed by atoms with Crippen LogP contribution >= 0.6 is 0 Å². The molecular weight excluding hydrogens is 302 g/mol. The van der Waals surface area contributed by atoms with Crippen LogP contribution in [0.25, 0.3) is 10.8 Å². The van der Waals surface area contributed by atoms with E-state index in [-0.39, 0.29) is 5.92 Å². The molecule has 2 heteroatoms. The third-order valence-corrected chi connectivity index (χ3v) is 6.69. The Balaban J connectivity index is 1.61. The molecule has 4 atom stereocenters. The minimum atomic E-state index is -0.667. The van der Waals surface area contributed by atoms with Crippen molar-refractivity contribution < 1.29 is 8.78 Å². The van der Waals surface area contributed by atoms with Gasteiger partial charge in [-0.3, -0.25) is 0 Å². The van der Waals surface area contributed by atoms with Gasteiger partial charge in [-0.1, -0.05) is 44.0 Å². The zero-order valence-electron chi connectivity index (χ0n) is 14.4. The summed E-state index contributed by atoms with van der Waals surface area (Å²) in [7, 11) is 0. The molecule has 0 N–H and O–H groups in total. The standard InChI is InChI=1S/C22H26F2/c1-2-14-7-8-16-12-18(10-9-15(16)11-14)20-13-17-5-3-4-6-19(17)21(23)22(20)24/h3-6,13-16,18H,2,7-12H2,1H3. The van der Waals surface area contributed by atoms with Crippen molar-refractivity contribution in [3.05, 3.63) is 47.5 Å². The van der Waals surface area contributed by atoms with Gasteiger partial charge < -0.3 is 0 Å². The number of rotatable bonds is 2. The summed E-state index contributed by atoms with van der Waals surface area (Å²) in [5, 5.41) is 1.22. The summed E-state index contributed by atoms with van der Waals surface area (Å²) in [6, 6.07) is 9.12. The highest BCUT2D eigenvalue weighted by Gasteiger charge is 2.36. The molecule has 0 nitrogen and oxygen atoms in total. The molecule has 0 amide bonds. The predicted molar refractivity (Wildman–Crippen MR) is 95.1 cm³/mol. The van der Waals surface area contributed by atoms with Crippen LogP contribution in [0.1, 0.15) is 63.4 Å². The van der Waals surface area contributed by atoms with Crippen LogP contribution in [0.3, 0.4) is 0 Å². The predicted octanol–water partition coefficient (Wildman–Crippen LogP) is 6.83. The maximum Gasteiger partial charge on any atom is 0.166 e. The van der Waals surface area contributed by atoms with Crippen LogP contribution in [0.5, 0.6) is 0 Å². The van der Waals surface area contributed by atoms with Gasteiger partial charge in [0.2, 0.25) is 0 Å². The zero-order valence-corrected chi connectivity index (χ0v) is 14.4. The molecule has 0 radical (unpaired) electrons. The highest BCUT2D eigenvalue weighted by atomic mass is 19.2. The monoisotopic (exact) mass is 328 g/mol. The first kappa shape index (κ1) is 16.1. The molecule has 2 aromatic rings. The molecule has 2 aromatic carbocycles. The fourth-order valence-corrected chi connectivity index (χ4v) is 5.24. The Kier molecular flexibility index (Phi) is 4.32. The van der Waals surface area contributed by atoms with Crippen molar-refractivity contribution in [1.82, 2.24) is 0 Å². The lowest BCUT2D eigenvalue weighted by molar-refractivity contribution is 0.115. The number of hydrogen-bond donors (Lipinski definition) is 0. The van der Waals surface area contributed by atoms with Gasteiger partial charge in [-0.05, 0) is 72.8 Å². The van der Waals surface area contributed by atoms with Gasteiger partial charge in [-0.25, -0.2) is 8.78 Å². The average molecular weight is 328 g/mol. The molecule has 128 valence electrons. The fraction of sp³-hybridized carbons (Fsp3) is 0.545. The first-order valence-electron chi connectivity index (χ1n) is 9.54. The van der Waals surface area contributed by atoms with Crippen molar-refractivity contribution in [2.24, 2.45) is 17.8 Å². The summed E-state index contributed by atoms with van der Waals surface area (Å²) in [6.07, 6.45) is 8.46. The average Bonchev–Trinajstić information content (AvgIpc) is 2.64. The summed E-state index contributed by atoms with van der Waals surface area (Å²) in [4.78, 5) is 0. The van der Waals surface area contributed by atoms with Crippen LogP contribution in [0.2, 0.25) is 0 Å². The van der Waals surface area contributed by atoms with Gasteiger partial charge >= 0.3 is 0 Å². The molecule has 0 heterocycles. The van der Waals surface area contributed by atoms with Crippen LogP contribution in [0, 0.1) is 29.4 Å². The number of benzene rings is 2. The molecule has 2 fully saturated rings. The van der Waals surface area contributed by atoms with Crippen molar-refractivity contribution in [1.29, 1.82) is 0 Å². The summed E-state index contributed by atoms with van der Waals surface area (Å²) < 4.78 is 29.2. The Labute approximate surface area is 143 Å². The molecule has 0 bridgehead atoms. The Morgan fingerprint density at radius 3 is 2.50 bits per heavy atom. The van der Waals surface area contributed by atoms with E-state index in [1.54, 1.807) is 12.1 Å². The van der Waals surface area contributed by atoms with Gasteiger partial charge in [-0.15, -0.1) is 0 Å². The summed E-state index contributed by atoms with van der Waals surface area (Å²) in [5.74, 6) is 1.31. The smallest absolute Gasteiger partial charge is 0.166 e. The number of halogens is 2. The lowest BCUT2D eigenvalue weighted by atomic mass is 9.63. The van der Waals surface area contributed by atoms with Gasteiger partial charge in [-0.2, -0.15) is 0 Å². The van der Waals surface area contributed by atoms with Gasteiger partial charge in [0.25, 0.3) is 0 Å². The number of hydrogen-bond acceptors (Lipinski definition) is 0. The molecule has 0 spiro atoms. The van der Waals surface area contributed by atoms with Crippen molar-refractivity contribution in [2.75, 3.05) is 0 Å². The van der Waals surface area contributed by atoms with E-state index in [2.05, 4.69) is 6.92 Å². The van der Waals surface area contributed by atoms with Crippen LogP contribution < -0.4 is 0 Å². The van der Waals surface area contributed by atoms with Crippen molar-refractivity contribution in [3.63, 3.8) is 0 Å². The van der Waals surface area contributed by atoms with Gasteiger partial charge in [0, 0.05) is 5.39 Å². The molecule has 0 saturated heterocycles. The van der Waals surface area contributed by atoms with E-state index in [0.29, 0.717) is 16.9 Å². The number of fused-ring (bicyclic) bond motifs is 2. The first-order valence-corrected chi connectivity index (χ1v) is 9.54. The Hall–Kier alpha value is -1.44. The molecule has 4 rings (SSSR count). The van der Waals surface area contributed by atoms with E-state index < -0.39 is 11.6 Å². The second-order valence-corrected chi connectivity index (χ2v) is 7.93. The maximum absolute atomic E-state index is 14.7. The molecule has 0 aliphatic heterocycles. The lowest BCUT2D eigenvalue weighted by Crippen LogP contribution is -2.30. The molecule has 0 aromatic heterocycles. The topological polar surface area (TPSA) is 0 Å². The van der Waals surface area contributed by atoms with Crippen molar-refractivity contribution in [3.8, 4) is 0 Å². The summed E-state index contributed by atoms with van der Waals surface area (Å²) in [5.41, 5.74) is 0.613. The minimum Gasteiger partial charge on any atom is -0.203 e. The van der Waals surface area contributed by atoms with Gasteiger partial charge in [0.05, 0.1) is 0 Å². The van der Waals surface area contributed by atoms with Gasteiger partial charge in [0.15, 0.2) is 11.6 Å². The van der Waals surface area contributed by atoms with E-state index in [0.717, 1.165) is 30.1 Å². The molecular formula is C22H26F2. The third kappa shape index (κ3) is 2.74. The minimum absolute atomic E-state index is 0.184.